The van der Waals surface area contributed by atoms with E-state index >= 15 is 0 Å². The van der Waals surface area contributed by atoms with Crippen molar-refractivity contribution in [2.75, 3.05) is 5.73 Å². The second kappa shape index (κ2) is 3.73. The zero-order valence-corrected chi connectivity index (χ0v) is 11.1. The van der Waals surface area contributed by atoms with E-state index in [2.05, 4.69) is 15.0 Å². The highest BCUT2D eigenvalue weighted by atomic mass is 32.1. The first-order valence-corrected chi connectivity index (χ1v) is 7.44. The van der Waals surface area contributed by atoms with E-state index < -0.39 is 0 Å². The molecule has 0 amide bonds. The highest BCUT2D eigenvalue weighted by Gasteiger charge is 2.24. The van der Waals surface area contributed by atoms with E-state index in [0.29, 0.717) is 0 Å². The minimum atomic E-state index is 0.717. The normalized spacial score (nSPS) is 14.2. The van der Waals surface area contributed by atoms with Gasteiger partial charge in [-0.3, -0.25) is 0 Å². The van der Waals surface area contributed by atoms with Crippen molar-refractivity contribution in [3.63, 3.8) is 0 Å². The van der Waals surface area contributed by atoms with Gasteiger partial charge in [-0.2, -0.15) is 0 Å². The molecule has 4 rings (SSSR count). The Morgan fingerprint density at radius 2 is 2.00 bits per heavy atom. The van der Waals surface area contributed by atoms with Gasteiger partial charge in [0.05, 0.1) is 5.00 Å². The van der Waals surface area contributed by atoms with E-state index in [-0.39, 0.29) is 0 Å². The van der Waals surface area contributed by atoms with Gasteiger partial charge in [0.15, 0.2) is 10.5 Å². The highest BCUT2D eigenvalue weighted by molar-refractivity contribution is 7.22. The predicted molar refractivity (Wildman–Crippen MR) is 75.0 cm³/mol. The Hall–Kier alpha value is -1.53. The summed E-state index contributed by atoms with van der Waals surface area (Å²) in [6.07, 6.45) is 6.88. The molecule has 0 radical (unpaired) electrons. The number of hydrogen-bond acceptors (Lipinski definition) is 6. The Morgan fingerprint density at radius 1 is 1.11 bits per heavy atom. The van der Waals surface area contributed by atoms with Crippen molar-refractivity contribution in [1.82, 2.24) is 15.0 Å². The third-order valence-corrected chi connectivity index (χ3v) is 5.30. The van der Waals surface area contributed by atoms with Gasteiger partial charge < -0.3 is 5.73 Å². The van der Waals surface area contributed by atoms with Crippen LogP contribution in [0.5, 0.6) is 0 Å². The fourth-order valence-electron chi connectivity index (χ4n) is 2.44. The molecule has 0 unspecified atom stereocenters. The maximum atomic E-state index is 6.15. The van der Waals surface area contributed by atoms with Crippen LogP contribution in [0.1, 0.15) is 16.9 Å². The summed E-state index contributed by atoms with van der Waals surface area (Å²) in [5.41, 5.74) is 9.40. The second-order valence-electron chi connectivity index (χ2n) is 4.30. The van der Waals surface area contributed by atoms with Gasteiger partial charge in [0, 0.05) is 22.8 Å². The van der Waals surface area contributed by atoms with Gasteiger partial charge >= 0.3 is 0 Å². The molecule has 0 fully saturated rings. The van der Waals surface area contributed by atoms with E-state index in [1.54, 1.807) is 35.1 Å². The summed E-state index contributed by atoms with van der Waals surface area (Å²) < 4.78 is 0. The molecule has 18 heavy (non-hydrogen) atoms. The first-order chi connectivity index (χ1) is 8.83. The Bertz CT molecular complexity index is 711. The van der Waals surface area contributed by atoms with Gasteiger partial charge in [-0.15, -0.1) is 11.3 Å². The number of rotatable bonds is 1. The van der Waals surface area contributed by atoms with Gasteiger partial charge in [-0.1, -0.05) is 11.3 Å². The molecule has 6 heteroatoms. The fraction of sp³-hybridized carbons (Fsp3) is 0.250. The molecule has 3 aromatic heterocycles. The molecule has 0 saturated heterocycles. The number of aromatic nitrogens is 3. The number of nitrogens with zero attached hydrogens (tertiary/aromatic N) is 3. The largest absolute Gasteiger partial charge is 0.390 e. The molecule has 1 aliphatic carbocycles. The zero-order valence-electron chi connectivity index (χ0n) is 9.51. The molecular formula is C12H10N4S2. The van der Waals surface area contributed by atoms with E-state index in [0.717, 1.165) is 38.9 Å². The topological polar surface area (TPSA) is 64.7 Å². The summed E-state index contributed by atoms with van der Waals surface area (Å²) in [5.74, 6) is 0. The van der Waals surface area contributed by atoms with Crippen LogP contribution in [0.2, 0.25) is 0 Å². The number of nitrogens with two attached hydrogens (primary N) is 1. The quantitative estimate of drug-likeness (QED) is 0.741. The number of anilines is 1. The van der Waals surface area contributed by atoms with Crippen molar-refractivity contribution < 1.29 is 0 Å². The molecule has 0 bridgehead atoms. The summed E-state index contributed by atoms with van der Waals surface area (Å²) in [5, 5.41) is 1.85. The van der Waals surface area contributed by atoms with Crippen LogP contribution in [0.3, 0.4) is 0 Å². The smallest absolute Gasteiger partial charge is 0.190 e. The summed E-state index contributed by atoms with van der Waals surface area (Å²) in [7, 11) is 0. The SMILES string of the molecule is Nc1sc2c(c1-c1nc3nccnc3s1)CCC2. The van der Waals surface area contributed by atoms with Gasteiger partial charge in [-0.05, 0) is 24.8 Å². The molecular weight excluding hydrogens is 264 g/mol. The lowest BCUT2D eigenvalue weighted by Gasteiger charge is -1.97. The lowest BCUT2D eigenvalue weighted by molar-refractivity contribution is 0.915. The lowest BCUT2D eigenvalue weighted by Crippen LogP contribution is -1.87. The van der Waals surface area contributed by atoms with Crippen LogP contribution in [0.4, 0.5) is 5.00 Å². The van der Waals surface area contributed by atoms with Crippen molar-refractivity contribution in [1.29, 1.82) is 0 Å². The summed E-state index contributed by atoms with van der Waals surface area (Å²) in [4.78, 5) is 15.4. The number of fused-ring (bicyclic) bond motifs is 2. The lowest BCUT2D eigenvalue weighted by atomic mass is 10.1. The molecule has 3 heterocycles. The Labute approximate surface area is 112 Å². The maximum absolute atomic E-state index is 6.15. The molecule has 0 aliphatic heterocycles. The molecule has 0 aromatic carbocycles. The van der Waals surface area contributed by atoms with E-state index in [1.165, 1.54) is 16.9 Å². The second-order valence-corrected chi connectivity index (χ2v) is 6.41. The summed E-state index contributed by atoms with van der Waals surface area (Å²) in [6, 6.07) is 0. The fourth-order valence-corrected chi connectivity index (χ4v) is 4.62. The van der Waals surface area contributed by atoms with Crippen molar-refractivity contribution in [2.24, 2.45) is 0 Å². The molecule has 3 aromatic rings. The van der Waals surface area contributed by atoms with Crippen molar-refractivity contribution in [3.05, 3.63) is 22.8 Å². The van der Waals surface area contributed by atoms with Crippen molar-refractivity contribution in [3.8, 4) is 10.6 Å². The monoisotopic (exact) mass is 274 g/mol. The molecule has 90 valence electrons. The van der Waals surface area contributed by atoms with Crippen LogP contribution in [0.25, 0.3) is 21.0 Å². The number of thiazole rings is 1. The van der Waals surface area contributed by atoms with E-state index in [1.807, 2.05) is 0 Å². The van der Waals surface area contributed by atoms with Gasteiger partial charge in [0.2, 0.25) is 0 Å². The van der Waals surface area contributed by atoms with Crippen LogP contribution in [-0.4, -0.2) is 15.0 Å². The van der Waals surface area contributed by atoms with Gasteiger partial charge in [0.25, 0.3) is 0 Å². The standard InChI is InChI=1S/C12H10N4S2/c13-9-8(6-2-1-3-7(6)17-9)11-16-10-12(18-11)15-5-4-14-10/h4-5H,1-3,13H2. The molecule has 0 spiro atoms. The molecule has 4 nitrogen and oxygen atoms in total. The van der Waals surface area contributed by atoms with Crippen LogP contribution in [0, 0.1) is 0 Å². The predicted octanol–water partition coefficient (Wildman–Crippen LogP) is 2.89. The highest BCUT2D eigenvalue weighted by Crippen LogP contribution is 2.44. The number of thiophene rings is 1. The van der Waals surface area contributed by atoms with Gasteiger partial charge in [-0.25, -0.2) is 15.0 Å². The van der Waals surface area contributed by atoms with Crippen LogP contribution < -0.4 is 5.73 Å². The first kappa shape index (κ1) is 10.4. The van der Waals surface area contributed by atoms with Crippen LogP contribution in [-0.2, 0) is 12.8 Å². The van der Waals surface area contributed by atoms with Gasteiger partial charge in [0.1, 0.15) is 5.01 Å². The Kier molecular flexibility index (Phi) is 2.15. The third kappa shape index (κ3) is 1.39. The van der Waals surface area contributed by atoms with Crippen molar-refractivity contribution in [2.45, 2.75) is 19.3 Å². The number of aryl methyl sites for hydroxylation is 1. The van der Waals surface area contributed by atoms with Crippen LogP contribution >= 0.6 is 22.7 Å². The molecule has 1 aliphatic rings. The third-order valence-electron chi connectivity index (χ3n) is 3.21. The summed E-state index contributed by atoms with van der Waals surface area (Å²) >= 11 is 3.29. The Morgan fingerprint density at radius 3 is 2.89 bits per heavy atom. The average Bonchev–Trinajstić information content (AvgIpc) is 3.00. The molecule has 0 saturated carbocycles. The maximum Gasteiger partial charge on any atom is 0.190 e. The molecule has 0 atom stereocenters. The Balaban J connectivity index is 1.97. The zero-order chi connectivity index (χ0) is 12.1. The van der Waals surface area contributed by atoms with Crippen LogP contribution in [0.15, 0.2) is 12.4 Å². The summed E-state index contributed by atoms with van der Waals surface area (Å²) in [6.45, 7) is 0. The minimum absolute atomic E-state index is 0.717. The molecule has 2 N–H and O–H groups in total. The van der Waals surface area contributed by atoms with E-state index in [9.17, 15) is 0 Å². The number of nitrogen functional groups attached to an aromatic ring is 1. The first-order valence-electron chi connectivity index (χ1n) is 5.81. The van der Waals surface area contributed by atoms with Crippen molar-refractivity contribution >= 4 is 38.2 Å². The van der Waals surface area contributed by atoms with E-state index in [4.69, 9.17) is 5.73 Å². The number of hydrogen-bond donors (Lipinski definition) is 1. The minimum Gasteiger partial charge on any atom is -0.390 e. The average molecular weight is 274 g/mol.